The van der Waals surface area contributed by atoms with Gasteiger partial charge < -0.3 is 9.05 Å². The maximum atomic E-state index is 12.5. The molecule has 0 saturated heterocycles. The molecule has 0 radical (unpaired) electrons. The van der Waals surface area contributed by atoms with Crippen molar-refractivity contribution in [1.82, 2.24) is 4.98 Å². The zero-order valence-corrected chi connectivity index (χ0v) is 17.0. The van der Waals surface area contributed by atoms with Crippen LogP contribution in [0.3, 0.4) is 0 Å². The summed E-state index contributed by atoms with van der Waals surface area (Å²) in [5.74, 6) is -0.198. The van der Waals surface area contributed by atoms with Crippen LogP contribution in [-0.4, -0.2) is 38.5 Å². The Morgan fingerprint density at radius 1 is 1.24 bits per heavy atom. The van der Waals surface area contributed by atoms with Gasteiger partial charge in [-0.05, 0) is 32.9 Å². The molecule has 0 aliphatic rings. The fourth-order valence-electron chi connectivity index (χ4n) is 2.20. The van der Waals surface area contributed by atoms with Gasteiger partial charge in [-0.25, -0.2) is 13.4 Å². The molecule has 1 aromatic heterocycles. The predicted molar refractivity (Wildman–Crippen MR) is 101 cm³/mol. The van der Waals surface area contributed by atoms with E-state index in [1.54, 1.807) is 32.9 Å². The third kappa shape index (κ3) is 5.46. The molecule has 0 spiro atoms. The van der Waals surface area contributed by atoms with Gasteiger partial charge in [-0.3, -0.25) is 4.57 Å². The summed E-state index contributed by atoms with van der Waals surface area (Å²) < 4.78 is 48.9. The first-order chi connectivity index (χ1) is 11.8. The second kappa shape index (κ2) is 8.56. The lowest BCUT2D eigenvalue weighted by atomic mass is 10.3. The molecule has 6 nitrogen and oxygen atoms in total. The highest BCUT2D eigenvalue weighted by Gasteiger charge is 2.24. The minimum Gasteiger partial charge on any atom is -0.309 e. The molecular formula is C16H22NO5PS2. The number of nitrogens with zero attached hydrogens (tertiary/aromatic N) is 1. The van der Waals surface area contributed by atoms with Crippen LogP contribution in [0.2, 0.25) is 0 Å². The van der Waals surface area contributed by atoms with E-state index in [0.29, 0.717) is 11.1 Å². The zero-order valence-electron chi connectivity index (χ0n) is 14.5. The van der Waals surface area contributed by atoms with Crippen molar-refractivity contribution < 1.29 is 22.0 Å². The predicted octanol–water partition coefficient (Wildman–Crippen LogP) is 4.28. The quantitative estimate of drug-likeness (QED) is 0.459. The van der Waals surface area contributed by atoms with Crippen molar-refractivity contribution in [3.8, 4) is 0 Å². The third-order valence-electron chi connectivity index (χ3n) is 3.29. The Morgan fingerprint density at radius 2 is 1.88 bits per heavy atom. The molecule has 1 aromatic carbocycles. The lowest BCUT2D eigenvalue weighted by Crippen LogP contribution is -2.06. The first kappa shape index (κ1) is 20.3. The molecule has 0 bridgehead atoms. The molecular weight excluding hydrogens is 381 g/mol. The molecule has 138 valence electrons. The molecule has 0 aliphatic heterocycles. The number of aromatic nitrogens is 1. The molecule has 0 amide bonds. The molecule has 0 fully saturated rings. The van der Waals surface area contributed by atoms with Gasteiger partial charge in [0.15, 0.2) is 0 Å². The number of rotatable bonds is 9. The second-order valence-corrected chi connectivity index (χ2v) is 10.7. The smallest absolute Gasteiger partial charge is 0.309 e. The molecule has 1 heterocycles. The maximum Gasteiger partial charge on any atom is 0.334 e. The highest BCUT2D eigenvalue weighted by atomic mass is 32.2. The summed E-state index contributed by atoms with van der Waals surface area (Å²) in [6.45, 7) is 5.74. The van der Waals surface area contributed by atoms with Crippen LogP contribution in [0.25, 0.3) is 10.2 Å². The number of allylic oxidation sites excluding steroid dienone is 1. The SMILES string of the molecule is CCOP(=O)(C/C(C)=C/CS(=O)(=O)c1nc2ccccc2s1)OCC. The lowest BCUT2D eigenvalue weighted by molar-refractivity contribution is 0.222. The highest BCUT2D eigenvalue weighted by Crippen LogP contribution is 2.49. The van der Waals surface area contributed by atoms with Gasteiger partial charge in [0, 0.05) is 0 Å². The molecule has 0 saturated carbocycles. The van der Waals surface area contributed by atoms with Crippen molar-refractivity contribution in [2.75, 3.05) is 25.1 Å². The van der Waals surface area contributed by atoms with Crippen molar-refractivity contribution in [3.63, 3.8) is 0 Å². The largest absolute Gasteiger partial charge is 0.334 e. The molecule has 25 heavy (non-hydrogen) atoms. The summed E-state index contributed by atoms with van der Waals surface area (Å²) in [7, 11) is -6.77. The number of para-hydroxylation sites is 1. The van der Waals surface area contributed by atoms with Crippen molar-refractivity contribution in [3.05, 3.63) is 35.9 Å². The molecule has 0 unspecified atom stereocenters. The van der Waals surface area contributed by atoms with Crippen LogP contribution in [0.1, 0.15) is 20.8 Å². The van der Waals surface area contributed by atoms with Gasteiger partial charge in [-0.15, -0.1) is 11.3 Å². The second-order valence-electron chi connectivity index (χ2n) is 5.38. The molecule has 9 heteroatoms. The maximum absolute atomic E-state index is 12.5. The van der Waals surface area contributed by atoms with Gasteiger partial charge in [-0.1, -0.05) is 23.8 Å². The number of hydrogen-bond donors (Lipinski definition) is 0. The van der Waals surface area contributed by atoms with E-state index in [2.05, 4.69) is 4.98 Å². The van der Waals surface area contributed by atoms with Gasteiger partial charge in [0.2, 0.25) is 14.2 Å². The Balaban J connectivity index is 2.14. The molecule has 2 rings (SSSR count). The van der Waals surface area contributed by atoms with E-state index in [-0.39, 0.29) is 29.5 Å². The van der Waals surface area contributed by atoms with Crippen molar-refractivity contribution in [2.24, 2.45) is 0 Å². The van der Waals surface area contributed by atoms with Crippen LogP contribution >= 0.6 is 18.9 Å². The average molecular weight is 403 g/mol. The summed E-state index contributed by atoms with van der Waals surface area (Å²) in [5, 5.41) is 0. The molecule has 0 atom stereocenters. The standard InChI is InChI=1S/C16H22NO5PS2/c1-4-21-23(18,22-5-2)12-13(3)10-11-25(19,20)16-17-14-8-6-7-9-15(14)24-16/h6-10H,4-5,11-12H2,1-3H3/b13-10+. The van der Waals surface area contributed by atoms with Crippen LogP contribution in [0.15, 0.2) is 40.3 Å². The van der Waals surface area contributed by atoms with Crippen molar-refractivity contribution in [1.29, 1.82) is 0 Å². The fraction of sp³-hybridized carbons (Fsp3) is 0.438. The Labute approximate surface area is 152 Å². The third-order valence-corrected chi connectivity index (χ3v) is 8.55. The minimum atomic E-state index is -3.54. The first-order valence-corrected chi connectivity index (χ1v) is 12.1. The first-order valence-electron chi connectivity index (χ1n) is 7.91. The normalized spacial score (nSPS) is 13.5. The number of hydrogen-bond acceptors (Lipinski definition) is 7. The molecule has 0 aliphatic carbocycles. The van der Waals surface area contributed by atoms with Crippen LogP contribution < -0.4 is 0 Å². The molecule has 0 N–H and O–H groups in total. The van der Waals surface area contributed by atoms with E-state index in [9.17, 15) is 13.0 Å². The van der Waals surface area contributed by atoms with E-state index in [1.165, 1.54) is 0 Å². The zero-order chi connectivity index (χ0) is 18.5. The Bertz CT molecular complexity index is 861. The van der Waals surface area contributed by atoms with E-state index in [4.69, 9.17) is 9.05 Å². The number of fused-ring (bicyclic) bond motifs is 1. The monoisotopic (exact) mass is 403 g/mol. The van der Waals surface area contributed by atoms with Gasteiger partial charge in [0.25, 0.3) is 0 Å². The van der Waals surface area contributed by atoms with Gasteiger partial charge in [-0.2, -0.15) is 0 Å². The van der Waals surface area contributed by atoms with Crippen LogP contribution in [0.5, 0.6) is 0 Å². The van der Waals surface area contributed by atoms with Crippen LogP contribution in [0, 0.1) is 0 Å². The highest BCUT2D eigenvalue weighted by molar-refractivity contribution is 7.93. The summed E-state index contributed by atoms with van der Waals surface area (Å²) in [6, 6.07) is 7.29. The van der Waals surface area contributed by atoms with Crippen molar-refractivity contribution in [2.45, 2.75) is 25.1 Å². The van der Waals surface area contributed by atoms with Crippen LogP contribution in [0.4, 0.5) is 0 Å². The van der Waals surface area contributed by atoms with Gasteiger partial charge in [0.05, 0.1) is 35.3 Å². The Morgan fingerprint density at radius 3 is 2.48 bits per heavy atom. The number of sulfone groups is 1. The van der Waals surface area contributed by atoms with Crippen molar-refractivity contribution >= 4 is 39.0 Å². The lowest BCUT2D eigenvalue weighted by Gasteiger charge is -2.17. The summed E-state index contributed by atoms with van der Waals surface area (Å²) in [6.07, 6.45) is 1.62. The van der Waals surface area contributed by atoms with Gasteiger partial charge in [0.1, 0.15) is 0 Å². The summed E-state index contributed by atoms with van der Waals surface area (Å²) in [5.41, 5.74) is 1.32. The van der Waals surface area contributed by atoms with Crippen LogP contribution in [-0.2, 0) is 23.4 Å². The van der Waals surface area contributed by atoms with Gasteiger partial charge >= 0.3 is 7.60 Å². The number of thiazole rings is 1. The Hall–Kier alpha value is -1.05. The van der Waals surface area contributed by atoms with E-state index in [1.807, 2.05) is 18.2 Å². The topological polar surface area (TPSA) is 82.6 Å². The fourth-order valence-corrected chi connectivity index (χ4v) is 6.55. The van der Waals surface area contributed by atoms with E-state index >= 15 is 0 Å². The average Bonchev–Trinajstić information content (AvgIpc) is 2.98. The van der Waals surface area contributed by atoms with E-state index < -0.39 is 17.4 Å². The Kier molecular flexibility index (Phi) is 6.93. The summed E-state index contributed by atoms with van der Waals surface area (Å²) in [4.78, 5) is 4.19. The number of benzene rings is 1. The molecule has 2 aromatic rings. The minimum absolute atomic E-state index is 0.0735. The van der Waals surface area contributed by atoms with E-state index in [0.717, 1.165) is 16.0 Å². The summed E-state index contributed by atoms with van der Waals surface area (Å²) >= 11 is 1.15.